The van der Waals surface area contributed by atoms with E-state index in [0.29, 0.717) is 12.5 Å². The molecule has 0 aliphatic rings. The molecule has 0 aliphatic heterocycles. The second-order valence-electron chi connectivity index (χ2n) is 17.5. The first-order valence-corrected chi connectivity index (χ1v) is 24.7. The van der Waals surface area contributed by atoms with Gasteiger partial charge in [0.25, 0.3) is 0 Å². The quantitative estimate of drug-likeness (QED) is 0.0482. The summed E-state index contributed by atoms with van der Waals surface area (Å²) in [6.45, 7) is 9.70. The molecule has 3 heteroatoms. The highest BCUT2D eigenvalue weighted by atomic mass is 16.4. The first-order valence-electron chi connectivity index (χ1n) is 24.7. The van der Waals surface area contributed by atoms with E-state index in [4.69, 9.17) is 5.11 Å². The number of unbranched alkanes of at least 4 members (excludes halogenated alkanes) is 33. The van der Waals surface area contributed by atoms with E-state index in [1.54, 1.807) is 0 Å². The molecule has 0 heterocycles. The lowest BCUT2D eigenvalue weighted by molar-refractivity contribution is -0.137. The van der Waals surface area contributed by atoms with Crippen LogP contribution in [0.3, 0.4) is 0 Å². The summed E-state index contributed by atoms with van der Waals surface area (Å²) in [5.74, 6) is 0.128. The van der Waals surface area contributed by atoms with Crippen molar-refractivity contribution in [3.8, 4) is 0 Å². The van der Waals surface area contributed by atoms with Crippen LogP contribution in [-0.2, 0) is 4.79 Å². The summed E-state index contributed by atoms with van der Waals surface area (Å²) < 4.78 is 0. The van der Waals surface area contributed by atoms with Crippen LogP contribution in [0.5, 0.6) is 0 Å². The van der Waals surface area contributed by atoms with Gasteiger partial charge in [-0.3, -0.25) is 4.79 Å². The van der Waals surface area contributed by atoms with Crippen molar-refractivity contribution >= 4 is 5.97 Å². The Hall–Kier alpha value is -0.830. The Morgan fingerprint density at radius 2 is 0.792 bits per heavy atom. The van der Waals surface area contributed by atoms with E-state index >= 15 is 0 Å². The number of hydrogen-bond acceptors (Lipinski definition) is 2. The number of hydrogen-bond donors (Lipinski definition) is 2. The molecule has 316 valence electrons. The highest BCUT2D eigenvalue weighted by Gasteiger charge is 2.10. The Bertz CT molecular complexity index is 708. The minimum absolute atomic E-state index is 0.350. The SMILES string of the molecule is C=CCCCCCCCCCCCCCCCCCCNC(C)CCCCCCCCCCCCCC(CCCCCCCCCC)CCCC(=O)O. The van der Waals surface area contributed by atoms with Gasteiger partial charge in [0.1, 0.15) is 0 Å². The number of aliphatic carboxylic acids is 1. The number of rotatable bonds is 47. The second-order valence-corrected chi connectivity index (χ2v) is 17.5. The van der Waals surface area contributed by atoms with Gasteiger partial charge in [0, 0.05) is 12.5 Å². The molecule has 0 spiro atoms. The highest BCUT2D eigenvalue weighted by molar-refractivity contribution is 5.66. The predicted octanol–water partition coefficient (Wildman–Crippen LogP) is 17.3. The molecular weight excluding hydrogens is 647 g/mol. The number of nitrogens with one attached hydrogen (secondary N) is 1. The van der Waals surface area contributed by atoms with Gasteiger partial charge in [-0.25, -0.2) is 0 Å². The summed E-state index contributed by atoms with van der Waals surface area (Å²) in [5.41, 5.74) is 0. The average Bonchev–Trinajstić information content (AvgIpc) is 3.15. The Morgan fingerprint density at radius 1 is 0.472 bits per heavy atom. The largest absolute Gasteiger partial charge is 0.481 e. The lowest BCUT2D eigenvalue weighted by atomic mass is 9.90. The summed E-state index contributed by atoms with van der Waals surface area (Å²) >= 11 is 0. The molecule has 0 saturated heterocycles. The molecule has 0 saturated carbocycles. The van der Waals surface area contributed by atoms with Crippen molar-refractivity contribution in [3.05, 3.63) is 12.7 Å². The van der Waals surface area contributed by atoms with Crippen molar-refractivity contribution in [1.82, 2.24) is 5.32 Å². The van der Waals surface area contributed by atoms with E-state index in [9.17, 15) is 4.79 Å². The lowest BCUT2D eigenvalue weighted by Gasteiger charge is -2.16. The number of carboxylic acid groups (broad SMARTS) is 1. The Labute approximate surface area is 334 Å². The number of carboxylic acids is 1. The molecular formula is C50H99NO2. The first-order chi connectivity index (χ1) is 26.1. The zero-order valence-corrected chi connectivity index (χ0v) is 36.7. The lowest BCUT2D eigenvalue weighted by Crippen LogP contribution is -2.26. The van der Waals surface area contributed by atoms with Crippen LogP contribution in [0.2, 0.25) is 0 Å². The van der Waals surface area contributed by atoms with Gasteiger partial charge in [0.2, 0.25) is 0 Å². The highest BCUT2D eigenvalue weighted by Crippen LogP contribution is 2.24. The molecule has 0 aromatic heterocycles. The van der Waals surface area contributed by atoms with Crippen LogP contribution < -0.4 is 5.32 Å². The van der Waals surface area contributed by atoms with E-state index in [0.717, 1.165) is 18.8 Å². The molecule has 0 fully saturated rings. The standard InChI is InChI=1S/C50H99NO2/c1-4-6-8-10-12-14-15-16-17-18-19-20-21-25-28-32-36-40-47-51-48(3)42-37-33-29-26-23-22-24-27-31-35-39-44-49(45-41-46-50(52)53)43-38-34-30-13-11-9-7-5-2/h4,48-49,51H,1,5-47H2,2-3H3,(H,52,53). The van der Waals surface area contributed by atoms with E-state index < -0.39 is 5.97 Å². The average molecular weight is 746 g/mol. The van der Waals surface area contributed by atoms with E-state index in [-0.39, 0.29) is 0 Å². The molecule has 2 atom stereocenters. The Morgan fingerprint density at radius 3 is 1.17 bits per heavy atom. The normalized spacial score (nSPS) is 12.7. The fraction of sp³-hybridized carbons (Fsp3) is 0.940. The zero-order valence-electron chi connectivity index (χ0n) is 36.7. The van der Waals surface area contributed by atoms with Crippen LogP contribution >= 0.6 is 0 Å². The van der Waals surface area contributed by atoms with Crippen LogP contribution in [0.4, 0.5) is 0 Å². The van der Waals surface area contributed by atoms with Crippen LogP contribution in [0.15, 0.2) is 12.7 Å². The molecule has 0 aromatic rings. The third-order valence-electron chi connectivity index (χ3n) is 12.0. The molecule has 0 radical (unpaired) electrons. The molecule has 0 bridgehead atoms. The van der Waals surface area contributed by atoms with Crippen molar-refractivity contribution < 1.29 is 9.90 Å². The van der Waals surface area contributed by atoms with Gasteiger partial charge in [0.05, 0.1) is 0 Å². The Kier molecular flexibility index (Phi) is 44.8. The smallest absolute Gasteiger partial charge is 0.303 e. The van der Waals surface area contributed by atoms with Gasteiger partial charge in [-0.2, -0.15) is 0 Å². The van der Waals surface area contributed by atoms with Crippen LogP contribution in [0, 0.1) is 5.92 Å². The minimum atomic E-state index is -0.627. The molecule has 53 heavy (non-hydrogen) atoms. The van der Waals surface area contributed by atoms with Crippen LogP contribution in [0.1, 0.15) is 284 Å². The monoisotopic (exact) mass is 746 g/mol. The van der Waals surface area contributed by atoms with Crippen molar-refractivity contribution in [1.29, 1.82) is 0 Å². The number of carbonyl (C=O) groups is 1. The van der Waals surface area contributed by atoms with Gasteiger partial charge in [-0.05, 0) is 57.9 Å². The second kappa shape index (κ2) is 45.6. The van der Waals surface area contributed by atoms with Crippen molar-refractivity contribution in [2.24, 2.45) is 5.92 Å². The van der Waals surface area contributed by atoms with Gasteiger partial charge in [0.15, 0.2) is 0 Å². The molecule has 2 unspecified atom stereocenters. The van der Waals surface area contributed by atoms with Crippen LogP contribution in [0.25, 0.3) is 0 Å². The summed E-state index contributed by atoms with van der Waals surface area (Å²) in [7, 11) is 0. The molecule has 2 N–H and O–H groups in total. The van der Waals surface area contributed by atoms with E-state index in [2.05, 4.69) is 31.8 Å². The maximum Gasteiger partial charge on any atom is 0.303 e. The fourth-order valence-corrected chi connectivity index (χ4v) is 8.36. The topological polar surface area (TPSA) is 49.3 Å². The van der Waals surface area contributed by atoms with E-state index in [1.807, 2.05) is 0 Å². The fourth-order valence-electron chi connectivity index (χ4n) is 8.36. The molecule has 0 aromatic carbocycles. The Balaban J connectivity index is 3.45. The van der Waals surface area contributed by atoms with Crippen molar-refractivity contribution in [2.75, 3.05) is 6.54 Å². The van der Waals surface area contributed by atoms with Crippen molar-refractivity contribution in [2.45, 2.75) is 290 Å². The predicted molar refractivity (Wildman–Crippen MR) is 238 cm³/mol. The van der Waals surface area contributed by atoms with Gasteiger partial charge >= 0.3 is 5.97 Å². The summed E-state index contributed by atoms with van der Waals surface area (Å²) in [6, 6.07) is 0.683. The zero-order chi connectivity index (χ0) is 38.6. The van der Waals surface area contributed by atoms with Gasteiger partial charge in [-0.15, -0.1) is 6.58 Å². The summed E-state index contributed by atoms with van der Waals surface area (Å²) in [5, 5.41) is 12.9. The third kappa shape index (κ3) is 45.5. The maximum atomic E-state index is 11.0. The third-order valence-corrected chi connectivity index (χ3v) is 12.0. The summed E-state index contributed by atoms with van der Waals surface area (Å²) in [6.07, 6.45) is 59.0. The van der Waals surface area contributed by atoms with Gasteiger partial charge in [-0.1, -0.05) is 238 Å². The molecule has 0 rings (SSSR count). The summed E-state index contributed by atoms with van der Waals surface area (Å²) in [4.78, 5) is 11.0. The maximum absolute atomic E-state index is 11.0. The molecule has 0 amide bonds. The first kappa shape index (κ1) is 52.2. The van der Waals surface area contributed by atoms with Gasteiger partial charge < -0.3 is 10.4 Å². The molecule has 3 nitrogen and oxygen atoms in total. The number of allylic oxidation sites excluding steroid dienone is 1. The molecule has 0 aliphatic carbocycles. The van der Waals surface area contributed by atoms with Crippen molar-refractivity contribution in [3.63, 3.8) is 0 Å². The van der Waals surface area contributed by atoms with E-state index in [1.165, 1.54) is 257 Å². The van der Waals surface area contributed by atoms with Crippen LogP contribution in [-0.4, -0.2) is 23.7 Å². The minimum Gasteiger partial charge on any atom is -0.481 e.